The maximum Gasteiger partial charge on any atom is 0.261 e. The number of fused-ring (bicyclic) bond motifs is 1. The van der Waals surface area contributed by atoms with Crippen LogP contribution in [-0.4, -0.2) is 32.4 Å². The summed E-state index contributed by atoms with van der Waals surface area (Å²) in [4.78, 5) is 12.6. The van der Waals surface area contributed by atoms with Crippen LogP contribution >= 0.6 is 11.3 Å². The summed E-state index contributed by atoms with van der Waals surface area (Å²) in [5.74, 6) is -0.277. The van der Waals surface area contributed by atoms with E-state index >= 15 is 0 Å². The Hall–Kier alpha value is -1.40. The number of carbonyl (C=O) groups is 1. The molecule has 0 saturated heterocycles. The Labute approximate surface area is 116 Å². The van der Waals surface area contributed by atoms with Crippen molar-refractivity contribution < 1.29 is 13.2 Å². The Morgan fingerprint density at radius 1 is 1.37 bits per heavy atom. The van der Waals surface area contributed by atoms with E-state index in [1.54, 1.807) is 6.92 Å². The smallest absolute Gasteiger partial charge is 0.261 e. The summed E-state index contributed by atoms with van der Waals surface area (Å²) >= 11 is 1.40. The molecule has 0 bridgehead atoms. The second kappa shape index (κ2) is 5.30. The molecular weight excluding hydrogens is 282 g/mol. The molecule has 0 saturated carbocycles. The van der Waals surface area contributed by atoms with Gasteiger partial charge in [0.25, 0.3) is 5.91 Å². The molecule has 102 valence electrons. The van der Waals surface area contributed by atoms with E-state index < -0.39 is 15.9 Å². The molecule has 19 heavy (non-hydrogen) atoms. The highest BCUT2D eigenvalue weighted by Gasteiger charge is 2.16. The fourth-order valence-electron chi connectivity index (χ4n) is 1.88. The van der Waals surface area contributed by atoms with Crippen LogP contribution in [0.4, 0.5) is 0 Å². The third-order valence-corrected chi connectivity index (χ3v) is 4.80. The molecule has 0 spiro atoms. The summed E-state index contributed by atoms with van der Waals surface area (Å²) in [6.07, 6.45) is 1.16. The van der Waals surface area contributed by atoms with E-state index in [4.69, 9.17) is 0 Å². The van der Waals surface area contributed by atoms with Crippen molar-refractivity contribution >= 4 is 37.2 Å². The van der Waals surface area contributed by atoms with E-state index in [9.17, 15) is 13.2 Å². The topological polar surface area (TPSA) is 63.2 Å². The van der Waals surface area contributed by atoms with Gasteiger partial charge in [-0.25, -0.2) is 8.42 Å². The van der Waals surface area contributed by atoms with Gasteiger partial charge < -0.3 is 5.32 Å². The lowest BCUT2D eigenvalue weighted by atomic mass is 10.2. The molecule has 0 fully saturated rings. The van der Waals surface area contributed by atoms with Crippen LogP contribution in [-0.2, 0) is 9.84 Å². The third kappa shape index (κ3) is 3.78. The second-order valence-electron chi connectivity index (χ2n) is 4.62. The normalized spacial score (nSPS) is 13.4. The Balaban J connectivity index is 2.11. The van der Waals surface area contributed by atoms with Gasteiger partial charge >= 0.3 is 0 Å². The molecule has 2 rings (SSSR count). The summed E-state index contributed by atoms with van der Waals surface area (Å²) in [7, 11) is -3.09. The van der Waals surface area contributed by atoms with Crippen molar-refractivity contribution in [2.75, 3.05) is 12.0 Å². The van der Waals surface area contributed by atoms with Crippen molar-refractivity contribution in [3.63, 3.8) is 0 Å². The number of sulfone groups is 1. The van der Waals surface area contributed by atoms with Crippen molar-refractivity contribution in [1.29, 1.82) is 0 Å². The molecule has 0 aliphatic rings. The van der Waals surface area contributed by atoms with E-state index in [2.05, 4.69) is 5.32 Å². The zero-order valence-electron chi connectivity index (χ0n) is 10.7. The third-order valence-electron chi connectivity index (χ3n) is 2.58. The highest BCUT2D eigenvalue weighted by molar-refractivity contribution is 7.90. The van der Waals surface area contributed by atoms with Crippen LogP contribution < -0.4 is 5.32 Å². The number of hydrogen-bond acceptors (Lipinski definition) is 4. The molecule has 2 aromatic rings. The fraction of sp³-hybridized carbons (Fsp3) is 0.308. The molecule has 1 amide bonds. The predicted molar refractivity (Wildman–Crippen MR) is 78.5 cm³/mol. The second-order valence-corrected chi connectivity index (χ2v) is 7.88. The summed E-state index contributed by atoms with van der Waals surface area (Å²) in [6, 6.07) is 9.17. The highest BCUT2D eigenvalue weighted by atomic mass is 32.2. The van der Waals surface area contributed by atoms with Gasteiger partial charge in [-0.05, 0) is 24.4 Å². The summed E-state index contributed by atoms with van der Waals surface area (Å²) in [5.41, 5.74) is 0. The van der Waals surface area contributed by atoms with E-state index in [0.29, 0.717) is 4.88 Å². The summed E-state index contributed by atoms with van der Waals surface area (Å²) in [6.45, 7) is 1.69. The van der Waals surface area contributed by atoms with Gasteiger partial charge in [0.15, 0.2) is 0 Å². The van der Waals surface area contributed by atoms with Gasteiger partial charge in [0.2, 0.25) is 0 Å². The van der Waals surface area contributed by atoms with Crippen LogP contribution in [0, 0.1) is 0 Å². The van der Waals surface area contributed by atoms with Crippen LogP contribution in [0.5, 0.6) is 0 Å². The first-order valence-electron chi connectivity index (χ1n) is 5.82. The molecule has 6 heteroatoms. The van der Waals surface area contributed by atoms with Gasteiger partial charge in [-0.15, -0.1) is 11.3 Å². The van der Waals surface area contributed by atoms with Crippen molar-refractivity contribution in [1.82, 2.24) is 5.32 Å². The zero-order valence-corrected chi connectivity index (χ0v) is 12.3. The molecule has 1 aromatic carbocycles. The molecular formula is C13H15NO3S2. The average Bonchev–Trinajstić information content (AvgIpc) is 2.69. The van der Waals surface area contributed by atoms with Gasteiger partial charge in [0.05, 0.1) is 10.6 Å². The highest BCUT2D eigenvalue weighted by Crippen LogP contribution is 2.25. The van der Waals surface area contributed by atoms with Crippen LogP contribution in [0.2, 0.25) is 0 Å². The molecule has 4 nitrogen and oxygen atoms in total. The lowest BCUT2D eigenvalue weighted by Crippen LogP contribution is -2.36. The molecule has 0 radical (unpaired) electrons. The first-order chi connectivity index (χ1) is 8.85. The quantitative estimate of drug-likeness (QED) is 0.939. The van der Waals surface area contributed by atoms with E-state index in [1.165, 1.54) is 11.3 Å². The number of hydrogen-bond donors (Lipinski definition) is 1. The van der Waals surface area contributed by atoms with Gasteiger partial charge in [-0.2, -0.15) is 0 Å². The Bertz CT molecular complexity index is 671. The molecule has 1 heterocycles. The number of benzene rings is 1. The van der Waals surface area contributed by atoms with Crippen molar-refractivity contribution in [2.45, 2.75) is 13.0 Å². The molecule has 0 unspecified atom stereocenters. The molecule has 1 N–H and O–H groups in total. The Morgan fingerprint density at radius 3 is 2.68 bits per heavy atom. The lowest BCUT2D eigenvalue weighted by Gasteiger charge is -2.11. The first kappa shape index (κ1) is 14.0. The van der Waals surface area contributed by atoms with Crippen LogP contribution in [0.15, 0.2) is 30.3 Å². The van der Waals surface area contributed by atoms with Crippen LogP contribution in [0.1, 0.15) is 16.6 Å². The number of nitrogens with one attached hydrogen (secondary N) is 1. The van der Waals surface area contributed by atoms with Gasteiger partial charge in [-0.1, -0.05) is 18.2 Å². The van der Waals surface area contributed by atoms with E-state index in [0.717, 1.165) is 16.3 Å². The van der Waals surface area contributed by atoms with Crippen molar-refractivity contribution in [3.8, 4) is 0 Å². The number of amides is 1. The predicted octanol–water partition coefficient (Wildman–Crippen LogP) is 2.06. The molecule has 1 atom stereocenters. The zero-order chi connectivity index (χ0) is 14.0. The number of rotatable bonds is 4. The first-order valence-corrected chi connectivity index (χ1v) is 8.70. The van der Waals surface area contributed by atoms with Crippen molar-refractivity contribution in [2.24, 2.45) is 0 Å². The number of thiophene rings is 1. The van der Waals surface area contributed by atoms with Crippen LogP contribution in [0.25, 0.3) is 10.1 Å². The summed E-state index contributed by atoms with van der Waals surface area (Å²) in [5, 5.41) is 3.73. The Kier molecular flexibility index (Phi) is 3.91. The summed E-state index contributed by atoms with van der Waals surface area (Å²) < 4.78 is 23.3. The average molecular weight is 297 g/mol. The van der Waals surface area contributed by atoms with E-state index in [-0.39, 0.29) is 11.7 Å². The lowest BCUT2D eigenvalue weighted by molar-refractivity contribution is 0.0948. The van der Waals surface area contributed by atoms with Gasteiger partial charge in [-0.3, -0.25) is 4.79 Å². The maximum atomic E-state index is 12.0. The molecule has 1 aromatic heterocycles. The van der Waals surface area contributed by atoms with Gasteiger partial charge in [0, 0.05) is 17.0 Å². The largest absolute Gasteiger partial charge is 0.348 e. The Morgan fingerprint density at radius 2 is 2.05 bits per heavy atom. The van der Waals surface area contributed by atoms with Gasteiger partial charge in [0.1, 0.15) is 9.84 Å². The molecule has 0 aliphatic carbocycles. The van der Waals surface area contributed by atoms with Crippen LogP contribution in [0.3, 0.4) is 0 Å². The molecule has 0 aliphatic heterocycles. The van der Waals surface area contributed by atoms with Crippen molar-refractivity contribution in [3.05, 3.63) is 35.2 Å². The minimum atomic E-state index is -3.09. The number of carbonyl (C=O) groups excluding carboxylic acids is 1. The standard InChI is InChI=1S/C13H15NO3S2/c1-9(8-19(2,16)17)14-13(15)12-7-10-5-3-4-6-11(10)18-12/h3-7,9H,8H2,1-2H3,(H,14,15)/t9-/m0/s1. The maximum absolute atomic E-state index is 12.0. The minimum absolute atomic E-state index is 0.0519. The minimum Gasteiger partial charge on any atom is -0.348 e. The van der Waals surface area contributed by atoms with E-state index in [1.807, 2.05) is 30.3 Å². The fourth-order valence-corrected chi connectivity index (χ4v) is 3.84. The monoisotopic (exact) mass is 297 g/mol. The SMILES string of the molecule is C[C@@H](CS(C)(=O)=O)NC(=O)c1cc2ccccc2s1.